The number of hydrogen-bond acceptors (Lipinski definition) is 5. The first kappa shape index (κ1) is 21.0. The van der Waals surface area contributed by atoms with Gasteiger partial charge in [-0.2, -0.15) is 0 Å². The third-order valence-electron chi connectivity index (χ3n) is 6.68. The Morgan fingerprint density at radius 1 is 0.900 bits per heavy atom. The molecule has 0 N–H and O–H groups in total. The largest absolute Gasteiger partial charge is 0.497 e. The van der Waals surface area contributed by atoms with Gasteiger partial charge < -0.3 is 19.1 Å². The smallest absolute Gasteiger partial charge is 0.142 e. The van der Waals surface area contributed by atoms with Crippen molar-refractivity contribution in [3.63, 3.8) is 0 Å². The zero-order valence-corrected chi connectivity index (χ0v) is 18.3. The topological polar surface area (TPSA) is 34.2 Å². The van der Waals surface area contributed by atoms with Gasteiger partial charge in [0.05, 0.1) is 33.1 Å². The summed E-state index contributed by atoms with van der Waals surface area (Å²) in [6.07, 6.45) is 3.43. The number of benzene rings is 2. The molecule has 0 saturated carbocycles. The first-order valence-electron chi connectivity index (χ1n) is 11.1. The molecule has 2 aliphatic heterocycles. The fraction of sp³-hybridized carbons (Fsp3) is 0.520. The van der Waals surface area contributed by atoms with E-state index in [1.165, 1.54) is 17.7 Å². The van der Waals surface area contributed by atoms with Crippen LogP contribution in [0.2, 0.25) is 0 Å². The number of methoxy groups -OCH3 is 2. The van der Waals surface area contributed by atoms with Gasteiger partial charge in [0, 0.05) is 38.1 Å². The van der Waals surface area contributed by atoms with E-state index in [-0.39, 0.29) is 5.41 Å². The molecule has 2 aromatic rings. The van der Waals surface area contributed by atoms with Gasteiger partial charge in [-0.15, -0.1) is 0 Å². The van der Waals surface area contributed by atoms with Crippen LogP contribution in [0.4, 0.5) is 5.69 Å². The van der Waals surface area contributed by atoms with E-state index in [4.69, 9.17) is 14.2 Å². The highest BCUT2D eigenvalue weighted by Crippen LogP contribution is 2.40. The predicted molar refractivity (Wildman–Crippen MR) is 121 cm³/mol. The molecule has 0 bridgehead atoms. The second-order valence-electron chi connectivity index (χ2n) is 8.41. The normalized spacial score (nSPS) is 23.1. The maximum Gasteiger partial charge on any atom is 0.142 e. The van der Waals surface area contributed by atoms with Crippen LogP contribution in [0.5, 0.6) is 11.5 Å². The van der Waals surface area contributed by atoms with Crippen molar-refractivity contribution < 1.29 is 14.2 Å². The van der Waals surface area contributed by atoms with Crippen molar-refractivity contribution in [3.8, 4) is 11.5 Å². The SMILES string of the molecule is COc1cccc(C2(CN3CCOCC3)CCCN(c3ccccc3OC)CC2)c1. The minimum atomic E-state index is 0.114. The zero-order valence-electron chi connectivity index (χ0n) is 18.3. The Kier molecular flexibility index (Phi) is 6.80. The van der Waals surface area contributed by atoms with Crippen LogP contribution >= 0.6 is 0 Å². The summed E-state index contributed by atoms with van der Waals surface area (Å²) in [4.78, 5) is 5.09. The lowest BCUT2D eigenvalue weighted by Gasteiger charge is -2.40. The number of anilines is 1. The molecule has 2 aromatic carbocycles. The monoisotopic (exact) mass is 410 g/mol. The summed E-state index contributed by atoms with van der Waals surface area (Å²) in [6, 6.07) is 17.1. The Morgan fingerprint density at radius 2 is 1.73 bits per heavy atom. The summed E-state index contributed by atoms with van der Waals surface area (Å²) in [7, 11) is 3.51. The van der Waals surface area contributed by atoms with Crippen LogP contribution in [-0.2, 0) is 10.2 Å². The van der Waals surface area contributed by atoms with Crippen molar-refractivity contribution in [2.24, 2.45) is 0 Å². The summed E-state index contributed by atoms with van der Waals surface area (Å²) in [6.45, 7) is 6.84. The van der Waals surface area contributed by atoms with Crippen LogP contribution in [-0.4, -0.2) is 65.1 Å². The van der Waals surface area contributed by atoms with Crippen molar-refractivity contribution in [1.82, 2.24) is 4.90 Å². The summed E-state index contributed by atoms with van der Waals surface area (Å²) in [5.74, 6) is 1.90. The molecule has 4 rings (SSSR count). The highest BCUT2D eigenvalue weighted by molar-refractivity contribution is 5.58. The Labute approximate surface area is 180 Å². The van der Waals surface area contributed by atoms with Gasteiger partial charge in [0.1, 0.15) is 11.5 Å². The second kappa shape index (κ2) is 9.71. The van der Waals surface area contributed by atoms with Gasteiger partial charge in [0.25, 0.3) is 0 Å². The van der Waals surface area contributed by atoms with Gasteiger partial charge in [0.15, 0.2) is 0 Å². The van der Waals surface area contributed by atoms with Crippen molar-refractivity contribution in [2.75, 3.05) is 65.1 Å². The lowest BCUT2D eigenvalue weighted by atomic mass is 9.74. The van der Waals surface area contributed by atoms with Crippen molar-refractivity contribution in [1.29, 1.82) is 0 Å². The van der Waals surface area contributed by atoms with Gasteiger partial charge in [-0.1, -0.05) is 24.3 Å². The minimum Gasteiger partial charge on any atom is -0.497 e. The van der Waals surface area contributed by atoms with Crippen molar-refractivity contribution >= 4 is 5.69 Å². The maximum absolute atomic E-state index is 5.65. The summed E-state index contributed by atoms with van der Waals surface area (Å²) >= 11 is 0. The van der Waals surface area contributed by atoms with Crippen LogP contribution < -0.4 is 14.4 Å². The summed E-state index contributed by atoms with van der Waals surface area (Å²) < 4.78 is 16.8. The molecule has 1 unspecified atom stereocenters. The van der Waals surface area contributed by atoms with Crippen LogP contribution in [0.1, 0.15) is 24.8 Å². The van der Waals surface area contributed by atoms with E-state index in [9.17, 15) is 0 Å². The van der Waals surface area contributed by atoms with Gasteiger partial charge in [-0.25, -0.2) is 0 Å². The lowest BCUT2D eigenvalue weighted by molar-refractivity contribution is 0.0252. The second-order valence-corrected chi connectivity index (χ2v) is 8.41. The molecule has 162 valence electrons. The first-order chi connectivity index (χ1) is 14.7. The Bertz CT molecular complexity index is 822. The first-order valence-corrected chi connectivity index (χ1v) is 11.1. The van der Waals surface area contributed by atoms with Crippen molar-refractivity contribution in [3.05, 3.63) is 54.1 Å². The molecule has 0 amide bonds. The molecule has 2 aliphatic rings. The fourth-order valence-electron chi connectivity index (χ4n) is 5.00. The number of hydrogen-bond donors (Lipinski definition) is 0. The molecule has 5 heteroatoms. The van der Waals surface area contributed by atoms with E-state index in [1.54, 1.807) is 14.2 Å². The van der Waals surface area contributed by atoms with Gasteiger partial charge in [0.2, 0.25) is 0 Å². The molecule has 30 heavy (non-hydrogen) atoms. The van der Waals surface area contributed by atoms with E-state index < -0.39 is 0 Å². The standard InChI is InChI=1S/C25H34N2O3/c1-28-22-8-5-7-21(19-22)25(20-26-15-17-30-18-16-26)11-6-13-27(14-12-25)23-9-3-4-10-24(23)29-2/h3-5,7-10,19H,6,11-18,20H2,1-2H3. The minimum absolute atomic E-state index is 0.114. The third kappa shape index (κ3) is 4.57. The molecular weight excluding hydrogens is 376 g/mol. The van der Waals surface area contributed by atoms with E-state index in [2.05, 4.69) is 46.2 Å². The lowest BCUT2D eigenvalue weighted by Crippen LogP contribution is -2.46. The number of rotatable bonds is 6. The molecule has 0 spiro atoms. The van der Waals surface area contributed by atoms with E-state index >= 15 is 0 Å². The molecular formula is C25H34N2O3. The number of nitrogens with zero attached hydrogens (tertiary/aromatic N) is 2. The van der Waals surface area contributed by atoms with Crippen LogP contribution in [0, 0.1) is 0 Å². The van der Waals surface area contributed by atoms with Gasteiger partial charge >= 0.3 is 0 Å². The molecule has 2 fully saturated rings. The van der Waals surface area contributed by atoms with E-state index in [0.717, 1.165) is 70.3 Å². The van der Waals surface area contributed by atoms with Crippen LogP contribution in [0.3, 0.4) is 0 Å². The average Bonchev–Trinajstić information content (AvgIpc) is 3.03. The predicted octanol–water partition coefficient (Wildman–Crippen LogP) is 3.96. The molecule has 0 radical (unpaired) electrons. The molecule has 5 nitrogen and oxygen atoms in total. The number of ether oxygens (including phenoxy) is 3. The average molecular weight is 411 g/mol. The molecule has 1 atom stereocenters. The fourth-order valence-corrected chi connectivity index (χ4v) is 5.00. The zero-order chi connectivity index (χ0) is 20.8. The van der Waals surface area contributed by atoms with E-state index in [0.29, 0.717) is 0 Å². The number of para-hydroxylation sites is 2. The Balaban J connectivity index is 1.62. The highest BCUT2D eigenvalue weighted by atomic mass is 16.5. The Hall–Kier alpha value is -2.24. The van der Waals surface area contributed by atoms with Gasteiger partial charge in [-0.3, -0.25) is 4.90 Å². The maximum atomic E-state index is 5.65. The quantitative estimate of drug-likeness (QED) is 0.720. The molecule has 0 aliphatic carbocycles. The summed E-state index contributed by atoms with van der Waals surface area (Å²) in [5.41, 5.74) is 2.71. The van der Waals surface area contributed by atoms with Crippen LogP contribution in [0.25, 0.3) is 0 Å². The van der Waals surface area contributed by atoms with Gasteiger partial charge in [-0.05, 0) is 49.1 Å². The van der Waals surface area contributed by atoms with Crippen molar-refractivity contribution in [2.45, 2.75) is 24.7 Å². The van der Waals surface area contributed by atoms with E-state index in [1.807, 2.05) is 12.1 Å². The Morgan fingerprint density at radius 3 is 2.53 bits per heavy atom. The molecule has 2 heterocycles. The third-order valence-corrected chi connectivity index (χ3v) is 6.68. The summed E-state index contributed by atoms with van der Waals surface area (Å²) in [5, 5.41) is 0. The molecule has 2 saturated heterocycles. The molecule has 0 aromatic heterocycles. The van der Waals surface area contributed by atoms with Crippen LogP contribution in [0.15, 0.2) is 48.5 Å². The number of morpholine rings is 1. The highest BCUT2D eigenvalue weighted by Gasteiger charge is 2.37.